The van der Waals surface area contributed by atoms with Crippen molar-refractivity contribution < 1.29 is 28.6 Å². The monoisotopic (exact) mass is 468 g/mol. The quantitative estimate of drug-likeness (QED) is 0.256. The maximum absolute atomic E-state index is 11.8. The molecule has 6 heteroatoms. The summed E-state index contributed by atoms with van der Waals surface area (Å²) in [5, 5.41) is 0. The van der Waals surface area contributed by atoms with Gasteiger partial charge in [-0.15, -0.1) is 0 Å². The van der Waals surface area contributed by atoms with Gasteiger partial charge in [-0.1, -0.05) is 78.9 Å². The Bertz CT molecular complexity index is 1190. The summed E-state index contributed by atoms with van der Waals surface area (Å²) in [6, 6.07) is 32.0. The van der Waals surface area contributed by atoms with Crippen LogP contribution in [0.5, 0.6) is 11.5 Å². The van der Waals surface area contributed by atoms with Crippen molar-refractivity contribution in [2.45, 2.75) is 0 Å². The summed E-state index contributed by atoms with van der Waals surface area (Å²) in [5.41, 5.74) is 1.90. The number of hydrogen-bond donors (Lipinski definition) is 0. The molecule has 0 fully saturated rings. The van der Waals surface area contributed by atoms with Crippen LogP contribution < -0.4 is 4.74 Å². The van der Waals surface area contributed by atoms with E-state index in [-0.39, 0.29) is 16.9 Å². The van der Waals surface area contributed by atoms with Gasteiger partial charge in [-0.25, -0.2) is 9.59 Å². The third-order valence-electron chi connectivity index (χ3n) is 4.80. The molecule has 0 amide bonds. The molecule has 6 nitrogen and oxygen atoms in total. The molecule has 0 aliphatic rings. The topological polar surface area (TPSA) is 78.9 Å². The Labute approximate surface area is 203 Å². The van der Waals surface area contributed by atoms with Crippen LogP contribution in [0.4, 0.5) is 0 Å². The fraction of sp³-hybridized carbons (Fsp3) is 0.0690. The maximum atomic E-state index is 11.8. The molecule has 0 bridgehead atoms. The summed E-state index contributed by atoms with van der Waals surface area (Å²) in [6.45, 7) is 0. The fourth-order valence-electron chi connectivity index (χ4n) is 3.10. The average molecular weight is 469 g/mol. The van der Waals surface area contributed by atoms with Crippen LogP contribution in [0.1, 0.15) is 36.6 Å². The largest absolute Gasteiger partial charge is 0.465 e. The zero-order valence-electron chi connectivity index (χ0n) is 19.3. The van der Waals surface area contributed by atoms with Gasteiger partial charge in [-0.2, -0.15) is 0 Å². The number of benzene rings is 4. The molecular weight excluding hydrogens is 444 g/mol. The molecule has 0 radical (unpaired) electrons. The molecule has 0 spiro atoms. The van der Waals surface area contributed by atoms with Gasteiger partial charge in [-0.05, 0) is 30.3 Å². The van der Waals surface area contributed by atoms with E-state index < -0.39 is 11.9 Å². The first-order valence-corrected chi connectivity index (χ1v) is 10.7. The van der Waals surface area contributed by atoms with Crippen molar-refractivity contribution in [2.75, 3.05) is 14.2 Å². The zero-order chi connectivity index (χ0) is 25.0. The Hall–Kier alpha value is -4.71. The number of rotatable bonds is 6. The van der Waals surface area contributed by atoms with Crippen LogP contribution in [0.2, 0.25) is 0 Å². The lowest BCUT2D eigenvalue weighted by Gasteiger charge is -2.09. The molecule has 35 heavy (non-hydrogen) atoms. The average Bonchev–Trinajstić information content (AvgIpc) is 2.93. The van der Waals surface area contributed by atoms with Crippen molar-refractivity contribution in [3.63, 3.8) is 0 Å². The first-order chi connectivity index (χ1) is 17.0. The standard InChI is InChI=1S/C16H14O5.C13H10O/c1-19-15(17)11-8-12(16(18)20-2)10-14(9-11)21-13-6-4-3-5-7-13;14-13(11-7-3-1-4-8-11)12-9-5-2-6-10-12/h3-10H,1-2H3;1-10H. The molecule has 0 aliphatic carbocycles. The van der Waals surface area contributed by atoms with Crippen molar-refractivity contribution in [1.82, 2.24) is 0 Å². The Morgan fingerprint density at radius 1 is 0.486 bits per heavy atom. The van der Waals surface area contributed by atoms with Gasteiger partial charge < -0.3 is 14.2 Å². The summed E-state index contributed by atoms with van der Waals surface area (Å²) in [4.78, 5) is 35.1. The minimum atomic E-state index is -0.557. The highest BCUT2D eigenvalue weighted by Gasteiger charge is 2.14. The van der Waals surface area contributed by atoms with Crippen LogP contribution in [0.3, 0.4) is 0 Å². The van der Waals surface area contributed by atoms with Gasteiger partial charge in [0.15, 0.2) is 5.78 Å². The number of esters is 2. The van der Waals surface area contributed by atoms with E-state index in [1.165, 1.54) is 32.4 Å². The smallest absolute Gasteiger partial charge is 0.338 e. The van der Waals surface area contributed by atoms with Gasteiger partial charge in [0.2, 0.25) is 0 Å². The number of ether oxygens (including phenoxy) is 3. The Morgan fingerprint density at radius 3 is 1.29 bits per heavy atom. The number of hydrogen-bond acceptors (Lipinski definition) is 6. The second-order valence-corrected chi connectivity index (χ2v) is 7.21. The molecule has 4 aromatic carbocycles. The number of ketones is 1. The van der Waals surface area contributed by atoms with Crippen LogP contribution in [-0.2, 0) is 9.47 Å². The third kappa shape index (κ3) is 7.14. The van der Waals surface area contributed by atoms with Gasteiger partial charge in [0.1, 0.15) is 11.5 Å². The molecule has 0 unspecified atom stereocenters. The first kappa shape index (κ1) is 24.9. The summed E-state index contributed by atoms with van der Waals surface area (Å²) >= 11 is 0. The van der Waals surface area contributed by atoms with E-state index in [1.54, 1.807) is 12.1 Å². The Balaban J connectivity index is 0.000000211. The molecule has 0 aromatic heterocycles. The fourth-order valence-corrected chi connectivity index (χ4v) is 3.10. The molecule has 0 N–H and O–H groups in total. The van der Waals surface area contributed by atoms with E-state index in [9.17, 15) is 14.4 Å². The van der Waals surface area contributed by atoms with Gasteiger partial charge >= 0.3 is 11.9 Å². The molecule has 4 aromatic rings. The number of para-hydroxylation sites is 1. The summed E-state index contributed by atoms with van der Waals surface area (Å²) in [5.74, 6) is -0.0941. The van der Waals surface area contributed by atoms with Crippen LogP contribution in [-0.4, -0.2) is 31.9 Å². The highest BCUT2D eigenvalue weighted by atomic mass is 16.5. The van der Waals surface area contributed by atoms with E-state index in [4.69, 9.17) is 4.74 Å². The lowest BCUT2D eigenvalue weighted by molar-refractivity contribution is 0.0598. The number of carbonyl (C=O) groups is 3. The summed E-state index contributed by atoms with van der Waals surface area (Å²) in [6.07, 6.45) is 0. The normalized spacial score (nSPS) is 9.77. The first-order valence-electron chi connectivity index (χ1n) is 10.7. The second-order valence-electron chi connectivity index (χ2n) is 7.21. The minimum absolute atomic E-state index is 0.0752. The molecule has 0 heterocycles. The van der Waals surface area contributed by atoms with E-state index in [0.717, 1.165) is 11.1 Å². The highest BCUT2D eigenvalue weighted by molar-refractivity contribution is 6.08. The van der Waals surface area contributed by atoms with Crippen LogP contribution >= 0.6 is 0 Å². The van der Waals surface area contributed by atoms with Crippen molar-refractivity contribution in [2.24, 2.45) is 0 Å². The van der Waals surface area contributed by atoms with E-state index in [2.05, 4.69) is 9.47 Å². The number of carbonyl (C=O) groups excluding carboxylic acids is 3. The maximum Gasteiger partial charge on any atom is 0.338 e. The van der Waals surface area contributed by atoms with Gasteiger partial charge in [0, 0.05) is 11.1 Å². The molecule has 176 valence electrons. The van der Waals surface area contributed by atoms with E-state index in [0.29, 0.717) is 11.5 Å². The second kappa shape index (κ2) is 12.5. The molecule has 0 atom stereocenters. The summed E-state index contributed by atoms with van der Waals surface area (Å²) in [7, 11) is 2.54. The lowest BCUT2D eigenvalue weighted by Crippen LogP contribution is -2.07. The van der Waals surface area contributed by atoms with Crippen molar-refractivity contribution in [1.29, 1.82) is 0 Å². The van der Waals surface area contributed by atoms with Crippen molar-refractivity contribution in [3.05, 3.63) is 131 Å². The summed E-state index contributed by atoms with van der Waals surface area (Å²) < 4.78 is 15.0. The van der Waals surface area contributed by atoms with Crippen LogP contribution in [0, 0.1) is 0 Å². The van der Waals surface area contributed by atoms with Crippen LogP contribution in [0.15, 0.2) is 109 Å². The third-order valence-corrected chi connectivity index (χ3v) is 4.80. The lowest BCUT2D eigenvalue weighted by atomic mass is 10.0. The van der Waals surface area contributed by atoms with E-state index in [1.807, 2.05) is 78.9 Å². The Kier molecular flexibility index (Phi) is 8.91. The minimum Gasteiger partial charge on any atom is -0.465 e. The zero-order valence-corrected chi connectivity index (χ0v) is 19.3. The van der Waals surface area contributed by atoms with Crippen molar-refractivity contribution >= 4 is 17.7 Å². The Morgan fingerprint density at radius 2 is 0.886 bits per heavy atom. The van der Waals surface area contributed by atoms with Gasteiger partial charge in [-0.3, -0.25) is 4.79 Å². The highest BCUT2D eigenvalue weighted by Crippen LogP contribution is 2.24. The molecule has 0 saturated carbocycles. The predicted octanol–water partition coefficient (Wildman–Crippen LogP) is 5.97. The van der Waals surface area contributed by atoms with Crippen LogP contribution in [0.25, 0.3) is 0 Å². The van der Waals surface area contributed by atoms with E-state index >= 15 is 0 Å². The molecule has 0 saturated heterocycles. The molecular formula is C29H24O6. The number of methoxy groups -OCH3 is 2. The molecule has 4 rings (SSSR count). The SMILES string of the molecule is COC(=O)c1cc(Oc2ccccc2)cc(C(=O)OC)c1.O=C(c1ccccc1)c1ccccc1. The predicted molar refractivity (Wildman–Crippen MR) is 132 cm³/mol. The van der Waals surface area contributed by atoms with Gasteiger partial charge in [0.05, 0.1) is 25.3 Å². The molecule has 0 aliphatic heterocycles. The van der Waals surface area contributed by atoms with Gasteiger partial charge in [0.25, 0.3) is 0 Å². The van der Waals surface area contributed by atoms with Crippen molar-refractivity contribution in [3.8, 4) is 11.5 Å².